The summed E-state index contributed by atoms with van der Waals surface area (Å²) in [6.45, 7) is 3.48. The Morgan fingerprint density at radius 3 is 2.89 bits per heavy atom. The third kappa shape index (κ3) is 0.954. The molecule has 1 rings (SSSR count). The van der Waals surface area contributed by atoms with Crippen molar-refractivity contribution < 1.29 is 9.90 Å². The summed E-state index contributed by atoms with van der Waals surface area (Å²) in [6.07, 6.45) is 1.52. The summed E-state index contributed by atoms with van der Waals surface area (Å²) >= 11 is 0. The average Bonchev–Trinajstić information content (AvgIpc) is 1.88. The molecule has 1 amide bonds. The number of hydrogen-bond donors (Lipinski definition) is 2. The summed E-state index contributed by atoms with van der Waals surface area (Å²) in [6, 6.07) is -0.0880. The number of aliphatic hydroxyl groups is 1. The quantitative estimate of drug-likeness (QED) is 0.385. The van der Waals surface area contributed by atoms with Gasteiger partial charge in [-0.25, -0.2) is 0 Å². The Bertz CT molecular complexity index is 142. The standard InChI is InChI=1S/C6H9NO2/c1-2-3-4-5(8)6(9)7-4/h2,4-5,8H,1,3H2,(H,7,9). The van der Waals surface area contributed by atoms with E-state index in [1.807, 2.05) is 0 Å². The second kappa shape index (κ2) is 2.19. The minimum atomic E-state index is -0.803. The van der Waals surface area contributed by atoms with E-state index >= 15 is 0 Å². The van der Waals surface area contributed by atoms with Gasteiger partial charge in [0.1, 0.15) is 0 Å². The monoisotopic (exact) mass is 127 g/mol. The van der Waals surface area contributed by atoms with Crippen molar-refractivity contribution in [3.05, 3.63) is 12.7 Å². The van der Waals surface area contributed by atoms with Crippen molar-refractivity contribution in [2.24, 2.45) is 0 Å². The van der Waals surface area contributed by atoms with E-state index in [9.17, 15) is 4.79 Å². The summed E-state index contributed by atoms with van der Waals surface area (Å²) in [5, 5.41) is 11.4. The predicted octanol–water partition coefficient (Wildman–Crippen LogP) is -0.578. The third-order valence-corrected chi connectivity index (χ3v) is 1.40. The van der Waals surface area contributed by atoms with Gasteiger partial charge < -0.3 is 10.4 Å². The molecule has 1 heterocycles. The molecule has 0 aromatic heterocycles. The molecule has 1 aliphatic rings. The largest absolute Gasteiger partial charge is 0.381 e. The maximum Gasteiger partial charge on any atom is 0.251 e. The molecule has 2 atom stereocenters. The Hall–Kier alpha value is -0.830. The van der Waals surface area contributed by atoms with Gasteiger partial charge >= 0.3 is 0 Å². The molecule has 0 aromatic carbocycles. The molecule has 1 aliphatic heterocycles. The lowest BCUT2D eigenvalue weighted by Crippen LogP contribution is -2.61. The summed E-state index contributed by atoms with van der Waals surface area (Å²) in [7, 11) is 0. The smallest absolute Gasteiger partial charge is 0.251 e. The lowest BCUT2D eigenvalue weighted by molar-refractivity contribution is -0.142. The first-order chi connectivity index (χ1) is 4.25. The van der Waals surface area contributed by atoms with Crippen molar-refractivity contribution in [3.63, 3.8) is 0 Å². The second-order valence-electron chi connectivity index (χ2n) is 2.08. The van der Waals surface area contributed by atoms with Gasteiger partial charge in [0.15, 0.2) is 6.10 Å². The van der Waals surface area contributed by atoms with E-state index in [0.29, 0.717) is 6.42 Å². The van der Waals surface area contributed by atoms with Crippen molar-refractivity contribution in [3.8, 4) is 0 Å². The molecule has 0 radical (unpaired) electrons. The normalized spacial score (nSPS) is 32.8. The molecule has 0 aromatic rings. The maximum absolute atomic E-state index is 10.3. The lowest BCUT2D eigenvalue weighted by Gasteiger charge is -2.31. The molecule has 0 bridgehead atoms. The van der Waals surface area contributed by atoms with Crippen molar-refractivity contribution in [1.29, 1.82) is 0 Å². The van der Waals surface area contributed by atoms with Gasteiger partial charge in [-0.3, -0.25) is 4.79 Å². The van der Waals surface area contributed by atoms with Crippen LogP contribution in [0.5, 0.6) is 0 Å². The fourth-order valence-electron chi connectivity index (χ4n) is 0.801. The highest BCUT2D eigenvalue weighted by Crippen LogP contribution is 2.09. The number of hydrogen-bond acceptors (Lipinski definition) is 2. The van der Waals surface area contributed by atoms with Gasteiger partial charge in [0.25, 0.3) is 5.91 Å². The molecule has 2 N–H and O–H groups in total. The number of carbonyl (C=O) groups excluding carboxylic acids is 1. The molecule has 0 saturated carbocycles. The molecule has 0 spiro atoms. The van der Waals surface area contributed by atoms with E-state index < -0.39 is 6.10 Å². The van der Waals surface area contributed by atoms with Crippen molar-refractivity contribution in [2.75, 3.05) is 0 Å². The Balaban J connectivity index is 2.32. The van der Waals surface area contributed by atoms with Crippen LogP contribution in [0.1, 0.15) is 6.42 Å². The molecular formula is C6H9NO2. The molecule has 50 valence electrons. The SMILES string of the molecule is C=CCC1NC(=O)C1O. The van der Waals surface area contributed by atoms with Gasteiger partial charge in [-0.1, -0.05) is 6.08 Å². The fourth-order valence-corrected chi connectivity index (χ4v) is 0.801. The van der Waals surface area contributed by atoms with Crippen LogP contribution in [0.4, 0.5) is 0 Å². The van der Waals surface area contributed by atoms with Crippen LogP contribution in [-0.4, -0.2) is 23.2 Å². The van der Waals surface area contributed by atoms with E-state index in [-0.39, 0.29) is 11.9 Å². The zero-order valence-electron chi connectivity index (χ0n) is 5.00. The number of aliphatic hydroxyl groups excluding tert-OH is 1. The maximum atomic E-state index is 10.3. The fraction of sp³-hybridized carbons (Fsp3) is 0.500. The number of β-lactam (4-membered cyclic amide) rings is 1. The Morgan fingerprint density at radius 1 is 1.89 bits per heavy atom. The van der Waals surface area contributed by atoms with Crippen LogP contribution in [0.2, 0.25) is 0 Å². The first kappa shape index (κ1) is 6.29. The molecule has 1 saturated heterocycles. The number of carbonyl (C=O) groups is 1. The number of nitrogens with one attached hydrogen (secondary N) is 1. The second-order valence-corrected chi connectivity index (χ2v) is 2.08. The Kier molecular flexibility index (Phi) is 1.53. The van der Waals surface area contributed by atoms with E-state index in [2.05, 4.69) is 11.9 Å². The van der Waals surface area contributed by atoms with Gasteiger partial charge in [0.05, 0.1) is 6.04 Å². The van der Waals surface area contributed by atoms with Crippen molar-refractivity contribution in [2.45, 2.75) is 18.6 Å². The van der Waals surface area contributed by atoms with Crippen LogP contribution in [-0.2, 0) is 4.79 Å². The summed E-state index contributed by atoms with van der Waals surface area (Å²) in [5.74, 6) is -0.276. The first-order valence-electron chi connectivity index (χ1n) is 2.85. The third-order valence-electron chi connectivity index (χ3n) is 1.40. The van der Waals surface area contributed by atoms with Crippen LogP contribution >= 0.6 is 0 Å². The van der Waals surface area contributed by atoms with Gasteiger partial charge in [0, 0.05) is 0 Å². The van der Waals surface area contributed by atoms with E-state index in [4.69, 9.17) is 5.11 Å². The van der Waals surface area contributed by atoms with Crippen LogP contribution in [0, 0.1) is 0 Å². The average molecular weight is 127 g/mol. The van der Waals surface area contributed by atoms with Gasteiger partial charge in [-0.2, -0.15) is 0 Å². The lowest BCUT2D eigenvalue weighted by atomic mass is 9.99. The van der Waals surface area contributed by atoms with Gasteiger partial charge in [-0.05, 0) is 6.42 Å². The predicted molar refractivity (Wildman–Crippen MR) is 32.8 cm³/mol. The van der Waals surface area contributed by atoms with Crippen LogP contribution in [0.25, 0.3) is 0 Å². The zero-order chi connectivity index (χ0) is 6.85. The van der Waals surface area contributed by atoms with Crippen LogP contribution in [0.3, 0.4) is 0 Å². The highest BCUT2D eigenvalue weighted by atomic mass is 16.3. The highest BCUT2D eigenvalue weighted by molar-refractivity contribution is 5.87. The summed E-state index contributed by atoms with van der Waals surface area (Å²) < 4.78 is 0. The molecule has 0 aliphatic carbocycles. The first-order valence-corrected chi connectivity index (χ1v) is 2.85. The molecule has 1 fully saturated rings. The molecule has 3 heteroatoms. The van der Waals surface area contributed by atoms with Crippen LogP contribution < -0.4 is 5.32 Å². The van der Waals surface area contributed by atoms with Gasteiger partial charge in [0.2, 0.25) is 0 Å². The molecule has 2 unspecified atom stereocenters. The number of amides is 1. The number of rotatable bonds is 2. The van der Waals surface area contributed by atoms with E-state index in [1.165, 1.54) is 0 Å². The summed E-state index contributed by atoms with van der Waals surface area (Å²) in [4.78, 5) is 10.3. The highest BCUT2D eigenvalue weighted by Gasteiger charge is 2.35. The Morgan fingerprint density at radius 2 is 2.56 bits per heavy atom. The summed E-state index contributed by atoms with van der Waals surface area (Å²) in [5.41, 5.74) is 0. The zero-order valence-corrected chi connectivity index (χ0v) is 5.00. The van der Waals surface area contributed by atoms with Crippen molar-refractivity contribution >= 4 is 5.91 Å². The molecule has 9 heavy (non-hydrogen) atoms. The van der Waals surface area contributed by atoms with E-state index in [0.717, 1.165) is 0 Å². The minimum absolute atomic E-state index is 0.0880. The Labute approximate surface area is 53.4 Å². The van der Waals surface area contributed by atoms with E-state index in [1.54, 1.807) is 6.08 Å². The minimum Gasteiger partial charge on any atom is -0.381 e. The molecular weight excluding hydrogens is 118 g/mol. The molecule has 3 nitrogen and oxygen atoms in total. The van der Waals surface area contributed by atoms with Gasteiger partial charge in [-0.15, -0.1) is 6.58 Å². The van der Waals surface area contributed by atoms with Crippen LogP contribution in [0.15, 0.2) is 12.7 Å². The van der Waals surface area contributed by atoms with Crippen molar-refractivity contribution in [1.82, 2.24) is 5.32 Å². The topological polar surface area (TPSA) is 49.3 Å².